The second kappa shape index (κ2) is 4.46. The summed E-state index contributed by atoms with van der Waals surface area (Å²) in [6.45, 7) is 0. The Balaban J connectivity index is 1.99. The van der Waals surface area contributed by atoms with Crippen molar-refractivity contribution in [3.63, 3.8) is 0 Å². The Hall–Kier alpha value is -3.18. The molecule has 0 aliphatic rings. The van der Waals surface area contributed by atoms with Crippen LogP contribution in [-0.2, 0) is 0 Å². The maximum atomic E-state index is 13.1. The van der Waals surface area contributed by atoms with Gasteiger partial charge in [0, 0.05) is 20.2 Å². The van der Waals surface area contributed by atoms with Crippen LogP contribution in [0.25, 0.3) is 48.0 Å². The fourth-order valence-electron chi connectivity index (χ4n) is 3.56. The van der Waals surface area contributed by atoms with E-state index >= 15 is 0 Å². The summed E-state index contributed by atoms with van der Waals surface area (Å²) in [4.78, 5) is 17.7. The monoisotopic (exact) mass is 342 g/mol. The third-order valence-electron chi connectivity index (χ3n) is 4.65. The lowest BCUT2D eigenvalue weighted by atomic mass is 10.1. The molecule has 0 N–H and O–H groups in total. The van der Waals surface area contributed by atoms with Crippen molar-refractivity contribution < 1.29 is 4.42 Å². The van der Waals surface area contributed by atoms with Crippen LogP contribution in [0.3, 0.4) is 0 Å². The van der Waals surface area contributed by atoms with Crippen LogP contribution < -0.4 is 5.56 Å². The van der Waals surface area contributed by atoms with E-state index in [1.807, 2.05) is 30.3 Å². The van der Waals surface area contributed by atoms with Crippen LogP contribution in [0.15, 0.2) is 69.9 Å². The van der Waals surface area contributed by atoms with Crippen molar-refractivity contribution in [1.82, 2.24) is 9.38 Å². The van der Waals surface area contributed by atoms with E-state index in [0.717, 1.165) is 26.5 Å². The van der Waals surface area contributed by atoms with Crippen molar-refractivity contribution in [2.24, 2.45) is 0 Å². The number of fused-ring (bicyclic) bond motifs is 8. The zero-order chi connectivity index (χ0) is 16.5. The van der Waals surface area contributed by atoms with Gasteiger partial charge in [0.15, 0.2) is 0 Å². The first-order valence-electron chi connectivity index (χ1n) is 7.95. The number of rotatable bonds is 0. The van der Waals surface area contributed by atoms with Gasteiger partial charge in [0.05, 0.1) is 16.4 Å². The van der Waals surface area contributed by atoms with Crippen LogP contribution in [0.5, 0.6) is 0 Å². The smallest absolute Gasteiger partial charge is 0.310 e. The lowest BCUT2D eigenvalue weighted by molar-refractivity contribution is 0.616. The molecule has 0 aliphatic heterocycles. The van der Waals surface area contributed by atoms with E-state index in [1.165, 1.54) is 4.70 Å². The first-order chi connectivity index (χ1) is 12.3. The number of nitrogens with zero attached hydrogens (tertiary/aromatic N) is 2. The van der Waals surface area contributed by atoms with E-state index in [-0.39, 0.29) is 5.56 Å². The summed E-state index contributed by atoms with van der Waals surface area (Å²) < 4.78 is 9.86. The highest BCUT2D eigenvalue weighted by atomic mass is 32.1. The van der Waals surface area contributed by atoms with Crippen LogP contribution >= 0.6 is 11.3 Å². The van der Waals surface area contributed by atoms with Gasteiger partial charge < -0.3 is 4.42 Å². The van der Waals surface area contributed by atoms with Gasteiger partial charge in [-0.2, -0.15) is 4.98 Å². The molecule has 6 rings (SSSR count). The molecule has 118 valence electrons. The van der Waals surface area contributed by atoms with Crippen molar-refractivity contribution in [1.29, 1.82) is 0 Å². The molecule has 0 amide bonds. The molecule has 4 nitrogen and oxygen atoms in total. The average Bonchev–Trinajstić information content (AvgIpc) is 3.19. The van der Waals surface area contributed by atoms with Gasteiger partial charge in [0.2, 0.25) is 0 Å². The summed E-state index contributed by atoms with van der Waals surface area (Å²) >= 11 is 1.72. The fraction of sp³-hybridized carbons (Fsp3) is 0. The van der Waals surface area contributed by atoms with E-state index in [1.54, 1.807) is 27.9 Å². The maximum Gasteiger partial charge on any atom is 0.310 e. The molecule has 0 unspecified atom stereocenters. The highest BCUT2D eigenvalue weighted by Crippen LogP contribution is 2.38. The lowest BCUT2D eigenvalue weighted by Gasteiger charge is -2.00. The minimum absolute atomic E-state index is 0.0952. The first kappa shape index (κ1) is 13.1. The first-order valence-corrected chi connectivity index (χ1v) is 8.77. The van der Waals surface area contributed by atoms with Gasteiger partial charge in [-0.1, -0.05) is 30.3 Å². The third-order valence-corrected chi connectivity index (χ3v) is 5.78. The van der Waals surface area contributed by atoms with Gasteiger partial charge in [-0.15, -0.1) is 11.3 Å². The Labute approximate surface area is 144 Å². The summed E-state index contributed by atoms with van der Waals surface area (Å²) in [5.74, 6) is 0.335. The predicted octanol–water partition coefficient (Wildman–Crippen LogP) is 4.96. The summed E-state index contributed by atoms with van der Waals surface area (Å²) in [6.07, 6.45) is 0. The zero-order valence-electron chi connectivity index (χ0n) is 12.9. The fourth-order valence-corrected chi connectivity index (χ4v) is 4.67. The van der Waals surface area contributed by atoms with E-state index in [0.29, 0.717) is 16.8 Å². The molecule has 25 heavy (non-hydrogen) atoms. The van der Waals surface area contributed by atoms with Gasteiger partial charge in [-0.05, 0) is 30.3 Å². The largest absolute Gasteiger partial charge is 0.424 e. The van der Waals surface area contributed by atoms with Crippen LogP contribution in [0.4, 0.5) is 0 Å². The van der Waals surface area contributed by atoms with E-state index in [9.17, 15) is 4.79 Å². The molecule has 0 spiro atoms. The van der Waals surface area contributed by atoms with Crippen molar-refractivity contribution in [2.75, 3.05) is 0 Å². The molecule has 0 aliphatic carbocycles. The molecule has 3 aromatic heterocycles. The van der Waals surface area contributed by atoms with E-state index < -0.39 is 0 Å². The molecule has 0 atom stereocenters. The van der Waals surface area contributed by atoms with Crippen molar-refractivity contribution in [3.8, 4) is 0 Å². The van der Waals surface area contributed by atoms with Gasteiger partial charge in [-0.3, -0.25) is 4.79 Å². The summed E-state index contributed by atoms with van der Waals surface area (Å²) in [7, 11) is 0. The molecule has 0 radical (unpaired) electrons. The Morgan fingerprint density at radius 2 is 1.68 bits per heavy atom. The van der Waals surface area contributed by atoms with Crippen LogP contribution in [0, 0.1) is 0 Å². The van der Waals surface area contributed by atoms with Crippen molar-refractivity contribution in [3.05, 3.63) is 71.0 Å². The highest BCUT2D eigenvalue weighted by molar-refractivity contribution is 7.26. The second-order valence-electron chi connectivity index (χ2n) is 6.04. The standard InChI is InChI=1S/C20H10N2O2S/c23-19-11-5-1-3-7-14(11)24-20-21-13-9-10-16-17(18(13)22(19)20)12-6-2-4-8-15(12)25-16/h1-10H. The zero-order valence-corrected chi connectivity index (χ0v) is 13.7. The quantitative estimate of drug-likeness (QED) is 0.392. The van der Waals surface area contributed by atoms with Crippen LogP contribution in [0.2, 0.25) is 0 Å². The Bertz CT molecular complexity index is 1520. The summed E-state index contributed by atoms with van der Waals surface area (Å²) in [5, 5.41) is 2.77. The lowest BCUT2D eigenvalue weighted by Crippen LogP contribution is -2.12. The number of thiophene rings is 1. The topological polar surface area (TPSA) is 47.5 Å². The van der Waals surface area contributed by atoms with Crippen LogP contribution in [-0.4, -0.2) is 9.38 Å². The molecule has 5 heteroatoms. The normalized spacial score (nSPS) is 12.2. The van der Waals surface area contributed by atoms with Crippen LogP contribution in [0.1, 0.15) is 0 Å². The molecule has 3 aromatic carbocycles. The molecule has 3 heterocycles. The minimum atomic E-state index is -0.0952. The average molecular weight is 342 g/mol. The summed E-state index contributed by atoms with van der Waals surface area (Å²) in [6, 6.07) is 19.6. The molecule has 6 aromatic rings. The van der Waals surface area contributed by atoms with Gasteiger partial charge in [-0.25, -0.2) is 4.40 Å². The number of benzene rings is 3. The van der Waals surface area contributed by atoms with E-state index in [2.05, 4.69) is 23.2 Å². The minimum Gasteiger partial charge on any atom is -0.424 e. The number of hydrogen-bond acceptors (Lipinski definition) is 4. The molecular weight excluding hydrogens is 332 g/mol. The number of hydrogen-bond donors (Lipinski definition) is 0. The maximum absolute atomic E-state index is 13.1. The van der Waals surface area contributed by atoms with Crippen molar-refractivity contribution >= 4 is 59.4 Å². The number of imidazole rings is 1. The summed E-state index contributed by atoms with van der Waals surface area (Å²) in [5.41, 5.74) is 2.06. The predicted molar refractivity (Wildman–Crippen MR) is 102 cm³/mol. The Morgan fingerprint density at radius 1 is 0.880 bits per heavy atom. The molecule has 0 saturated heterocycles. The molecular formula is C20H10N2O2S. The molecule has 0 bridgehead atoms. The SMILES string of the molecule is O=c1c2ccccc2oc2nc3ccc4sc5ccccc5c4c3n12. The second-order valence-corrected chi connectivity index (χ2v) is 7.12. The number of para-hydroxylation sites is 1. The third kappa shape index (κ3) is 1.60. The van der Waals surface area contributed by atoms with Crippen molar-refractivity contribution in [2.45, 2.75) is 0 Å². The highest BCUT2D eigenvalue weighted by Gasteiger charge is 2.17. The molecule has 0 saturated carbocycles. The Kier molecular flexibility index (Phi) is 2.35. The van der Waals surface area contributed by atoms with Gasteiger partial charge >= 0.3 is 5.84 Å². The van der Waals surface area contributed by atoms with E-state index in [4.69, 9.17) is 4.42 Å². The van der Waals surface area contributed by atoms with Gasteiger partial charge in [0.25, 0.3) is 5.56 Å². The number of aromatic nitrogens is 2. The Morgan fingerprint density at radius 3 is 2.60 bits per heavy atom. The van der Waals surface area contributed by atoms with Gasteiger partial charge in [0.1, 0.15) is 5.58 Å². The molecule has 0 fully saturated rings.